The Bertz CT molecular complexity index is 497. The van der Waals surface area contributed by atoms with Gasteiger partial charge in [-0.05, 0) is 31.9 Å². The number of nitrogens with zero attached hydrogens (tertiary/aromatic N) is 2. The molecule has 1 atom stereocenters. The zero-order chi connectivity index (χ0) is 15.2. The van der Waals surface area contributed by atoms with Crippen LogP contribution in [-0.4, -0.2) is 41.4 Å². The fourth-order valence-corrected chi connectivity index (χ4v) is 3.29. The van der Waals surface area contributed by atoms with Crippen molar-refractivity contribution in [1.29, 1.82) is 0 Å². The Hall–Kier alpha value is -1.47. The summed E-state index contributed by atoms with van der Waals surface area (Å²) in [5.74, 6) is -0.0877. The number of hydrogen-bond acceptors (Lipinski definition) is 5. The number of carbonyl (C=O) groups excluding carboxylic acids is 1. The largest absolute Gasteiger partial charge is 0.336 e. The number of carbonyl (C=O) groups is 1. The molecule has 116 valence electrons. The maximum Gasteiger partial charge on any atom is 0.324 e. The van der Waals surface area contributed by atoms with Crippen LogP contribution in [0.15, 0.2) is 12.1 Å². The van der Waals surface area contributed by atoms with Crippen LogP contribution in [0.5, 0.6) is 0 Å². The average Bonchev–Trinajstić information content (AvgIpc) is 3.13. The van der Waals surface area contributed by atoms with Crippen LogP contribution in [0, 0.1) is 10.1 Å². The van der Waals surface area contributed by atoms with E-state index in [4.69, 9.17) is 0 Å². The van der Waals surface area contributed by atoms with E-state index in [0.717, 1.165) is 43.6 Å². The van der Waals surface area contributed by atoms with Gasteiger partial charge in [-0.1, -0.05) is 24.7 Å². The van der Waals surface area contributed by atoms with Crippen molar-refractivity contribution in [2.24, 2.45) is 0 Å². The lowest BCUT2D eigenvalue weighted by Gasteiger charge is -2.25. The van der Waals surface area contributed by atoms with E-state index in [0.29, 0.717) is 24.0 Å². The Morgan fingerprint density at radius 1 is 1.57 bits per heavy atom. The average molecular weight is 311 g/mol. The zero-order valence-corrected chi connectivity index (χ0v) is 13.0. The lowest BCUT2D eigenvalue weighted by molar-refractivity contribution is -0.380. The molecule has 0 bridgehead atoms. The van der Waals surface area contributed by atoms with Gasteiger partial charge in [0.15, 0.2) is 0 Å². The topological polar surface area (TPSA) is 75.5 Å². The molecule has 7 heteroatoms. The second kappa shape index (κ2) is 7.51. The molecule has 0 radical (unpaired) electrons. The van der Waals surface area contributed by atoms with E-state index in [2.05, 4.69) is 12.2 Å². The van der Waals surface area contributed by atoms with Gasteiger partial charge in [0.1, 0.15) is 0 Å². The number of hydrogen-bond donors (Lipinski definition) is 1. The molecule has 0 aliphatic carbocycles. The lowest BCUT2D eigenvalue weighted by atomic mass is 10.2. The van der Waals surface area contributed by atoms with Crippen molar-refractivity contribution < 1.29 is 9.72 Å². The predicted octanol–water partition coefficient (Wildman–Crippen LogP) is 2.65. The van der Waals surface area contributed by atoms with Crippen molar-refractivity contribution in [3.05, 3.63) is 27.1 Å². The van der Waals surface area contributed by atoms with Gasteiger partial charge >= 0.3 is 5.00 Å². The summed E-state index contributed by atoms with van der Waals surface area (Å²) >= 11 is 0.958. The monoisotopic (exact) mass is 311 g/mol. The number of nitro groups is 1. The van der Waals surface area contributed by atoms with E-state index in [-0.39, 0.29) is 10.9 Å². The summed E-state index contributed by atoms with van der Waals surface area (Å²) in [6, 6.07) is 3.32. The summed E-state index contributed by atoms with van der Waals surface area (Å²) in [6.07, 6.45) is 4.20. The first kappa shape index (κ1) is 15.9. The van der Waals surface area contributed by atoms with E-state index < -0.39 is 4.92 Å². The van der Waals surface area contributed by atoms with Crippen molar-refractivity contribution in [3.8, 4) is 0 Å². The van der Waals surface area contributed by atoms with Crippen LogP contribution in [0.3, 0.4) is 0 Å². The minimum absolute atomic E-state index is 0.0211. The second-order valence-corrected chi connectivity index (χ2v) is 6.36. The first-order chi connectivity index (χ1) is 10.1. The molecule has 1 aliphatic heterocycles. The Kier molecular flexibility index (Phi) is 5.69. The molecule has 1 fully saturated rings. The molecule has 0 spiro atoms. The van der Waals surface area contributed by atoms with Gasteiger partial charge in [-0.25, -0.2) is 0 Å². The van der Waals surface area contributed by atoms with Crippen LogP contribution >= 0.6 is 11.3 Å². The third-order valence-electron chi connectivity index (χ3n) is 3.65. The van der Waals surface area contributed by atoms with Gasteiger partial charge in [0, 0.05) is 25.2 Å². The SMILES string of the molecule is CCCCN(CC1CCCN1)C(=O)c1ccc([N+](=O)[O-])s1. The van der Waals surface area contributed by atoms with Crippen LogP contribution in [0.4, 0.5) is 5.00 Å². The third kappa shape index (κ3) is 4.25. The van der Waals surface area contributed by atoms with E-state index in [1.54, 1.807) is 6.07 Å². The minimum Gasteiger partial charge on any atom is -0.336 e. The predicted molar refractivity (Wildman–Crippen MR) is 82.8 cm³/mol. The summed E-state index contributed by atoms with van der Waals surface area (Å²) in [6.45, 7) is 4.49. The van der Waals surface area contributed by atoms with Gasteiger partial charge in [0.05, 0.1) is 9.80 Å². The molecule has 1 unspecified atom stereocenters. The minimum atomic E-state index is -0.448. The number of nitrogens with one attached hydrogen (secondary N) is 1. The molecule has 1 amide bonds. The molecule has 0 saturated carbocycles. The molecule has 2 rings (SSSR count). The van der Waals surface area contributed by atoms with Crippen molar-refractivity contribution in [3.63, 3.8) is 0 Å². The molecule has 0 aromatic carbocycles. The van der Waals surface area contributed by atoms with E-state index >= 15 is 0 Å². The number of amides is 1. The standard InChI is InChI=1S/C14H21N3O3S/c1-2-3-9-16(10-11-5-4-8-15-11)14(18)12-6-7-13(21-12)17(19)20/h6-7,11,15H,2-5,8-10H2,1H3. The molecule has 21 heavy (non-hydrogen) atoms. The lowest BCUT2D eigenvalue weighted by Crippen LogP contribution is -2.41. The number of rotatable bonds is 7. The van der Waals surface area contributed by atoms with Crippen LogP contribution in [0.1, 0.15) is 42.3 Å². The Morgan fingerprint density at radius 3 is 2.95 bits per heavy atom. The molecule has 1 aromatic heterocycles. The summed E-state index contributed by atoms with van der Waals surface area (Å²) in [5.41, 5.74) is 0. The van der Waals surface area contributed by atoms with E-state index in [1.165, 1.54) is 6.07 Å². The fraction of sp³-hybridized carbons (Fsp3) is 0.643. The highest BCUT2D eigenvalue weighted by molar-refractivity contribution is 7.17. The van der Waals surface area contributed by atoms with Crippen LogP contribution in [0.25, 0.3) is 0 Å². The maximum atomic E-state index is 12.6. The fourth-order valence-electron chi connectivity index (χ4n) is 2.50. The van der Waals surface area contributed by atoms with Crippen molar-refractivity contribution in [2.75, 3.05) is 19.6 Å². The molecule has 1 aromatic rings. The van der Waals surface area contributed by atoms with Gasteiger partial charge in [-0.2, -0.15) is 0 Å². The Labute approximate surface area is 128 Å². The molecule has 2 heterocycles. The summed E-state index contributed by atoms with van der Waals surface area (Å²) in [7, 11) is 0. The Morgan fingerprint density at radius 2 is 2.38 bits per heavy atom. The van der Waals surface area contributed by atoms with Gasteiger partial charge in [0.2, 0.25) is 0 Å². The van der Waals surface area contributed by atoms with Crippen molar-refractivity contribution in [2.45, 2.75) is 38.6 Å². The number of thiophene rings is 1. The third-order valence-corrected chi connectivity index (χ3v) is 4.68. The second-order valence-electron chi connectivity index (χ2n) is 5.29. The molecule has 1 saturated heterocycles. The van der Waals surface area contributed by atoms with Gasteiger partial charge in [-0.15, -0.1) is 0 Å². The van der Waals surface area contributed by atoms with Crippen LogP contribution in [-0.2, 0) is 0 Å². The van der Waals surface area contributed by atoms with Crippen LogP contribution in [0.2, 0.25) is 0 Å². The zero-order valence-electron chi connectivity index (χ0n) is 12.2. The van der Waals surface area contributed by atoms with Crippen molar-refractivity contribution in [1.82, 2.24) is 10.2 Å². The molecular weight excluding hydrogens is 290 g/mol. The van der Waals surface area contributed by atoms with Gasteiger partial charge < -0.3 is 10.2 Å². The molecule has 6 nitrogen and oxygen atoms in total. The normalized spacial score (nSPS) is 17.9. The molecule has 1 aliphatic rings. The highest BCUT2D eigenvalue weighted by Crippen LogP contribution is 2.25. The van der Waals surface area contributed by atoms with Gasteiger partial charge in [0.25, 0.3) is 5.91 Å². The first-order valence-corrected chi connectivity index (χ1v) is 8.20. The Balaban J connectivity index is 2.05. The van der Waals surface area contributed by atoms with E-state index in [9.17, 15) is 14.9 Å². The van der Waals surface area contributed by atoms with Crippen molar-refractivity contribution >= 4 is 22.2 Å². The highest BCUT2D eigenvalue weighted by Gasteiger charge is 2.24. The smallest absolute Gasteiger partial charge is 0.324 e. The maximum absolute atomic E-state index is 12.6. The first-order valence-electron chi connectivity index (χ1n) is 7.38. The number of unbranched alkanes of at least 4 members (excludes halogenated alkanes) is 1. The quantitative estimate of drug-likeness (QED) is 0.620. The highest BCUT2D eigenvalue weighted by atomic mass is 32.1. The summed E-state index contributed by atoms with van der Waals surface area (Å²) in [4.78, 5) is 25.1. The van der Waals surface area contributed by atoms with E-state index in [1.807, 2.05) is 4.90 Å². The van der Waals surface area contributed by atoms with Crippen LogP contribution < -0.4 is 5.32 Å². The summed E-state index contributed by atoms with van der Waals surface area (Å²) in [5, 5.41) is 14.2. The van der Waals surface area contributed by atoms with Gasteiger partial charge in [-0.3, -0.25) is 14.9 Å². The molecular formula is C14H21N3O3S. The summed E-state index contributed by atoms with van der Waals surface area (Å²) < 4.78 is 0. The molecule has 1 N–H and O–H groups in total.